The minimum absolute atomic E-state index is 0.369. The molecule has 2 heteroatoms. The van der Waals surface area contributed by atoms with Crippen molar-refractivity contribution in [3.8, 4) is 0 Å². The Kier molecular flexibility index (Phi) is 3.73. The second-order valence-corrected chi connectivity index (χ2v) is 6.73. The van der Waals surface area contributed by atoms with Crippen molar-refractivity contribution in [3.05, 3.63) is 35.0 Å². The second-order valence-electron chi connectivity index (χ2n) is 6.73. The van der Waals surface area contributed by atoms with Crippen molar-refractivity contribution in [2.24, 2.45) is 11.1 Å². The van der Waals surface area contributed by atoms with Gasteiger partial charge < -0.3 is 10.3 Å². The third kappa shape index (κ3) is 2.84. The summed E-state index contributed by atoms with van der Waals surface area (Å²) in [5.41, 5.74) is 11.4. The lowest BCUT2D eigenvalue weighted by molar-refractivity contribution is 0.351. The van der Waals surface area contributed by atoms with Gasteiger partial charge in [0.15, 0.2) is 0 Å². The predicted molar refractivity (Wildman–Crippen MR) is 83.4 cm³/mol. The predicted octanol–water partition coefficient (Wildman–Crippen LogP) is 4.15. The van der Waals surface area contributed by atoms with Crippen LogP contribution in [0.15, 0.2) is 18.2 Å². The highest BCUT2D eigenvalue weighted by Crippen LogP contribution is 2.28. The first-order valence-corrected chi connectivity index (χ1v) is 7.12. The minimum atomic E-state index is 0.369. The van der Waals surface area contributed by atoms with E-state index in [-0.39, 0.29) is 0 Å². The molecule has 104 valence electrons. The van der Waals surface area contributed by atoms with Crippen LogP contribution in [0.25, 0.3) is 10.9 Å². The number of aromatic nitrogens is 1. The number of nitrogens with zero attached hydrogens (tertiary/aromatic N) is 1. The molecular formula is C17H26N2. The maximum Gasteiger partial charge on any atom is 0.0485 e. The van der Waals surface area contributed by atoms with Crippen LogP contribution in [-0.4, -0.2) is 4.57 Å². The normalized spacial score (nSPS) is 12.3. The van der Waals surface area contributed by atoms with Crippen molar-refractivity contribution in [1.29, 1.82) is 0 Å². The Hall–Kier alpha value is -1.28. The van der Waals surface area contributed by atoms with Crippen LogP contribution in [0.3, 0.4) is 0 Å². The molecule has 0 radical (unpaired) electrons. The smallest absolute Gasteiger partial charge is 0.0485 e. The fourth-order valence-corrected chi connectivity index (χ4v) is 2.56. The van der Waals surface area contributed by atoms with E-state index >= 15 is 0 Å². The molecule has 2 rings (SSSR count). The van der Waals surface area contributed by atoms with Crippen LogP contribution in [0.5, 0.6) is 0 Å². The summed E-state index contributed by atoms with van der Waals surface area (Å²) in [5.74, 6) is 0. The van der Waals surface area contributed by atoms with Gasteiger partial charge in [0.05, 0.1) is 0 Å². The first-order chi connectivity index (χ1) is 8.83. The van der Waals surface area contributed by atoms with Gasteiger partial charge in [0.2, 0.25) is 0 Å². The number of hydrogen-bond donors (Lipinski definition) is 1. The molecule has 2 N–H and O–H groups in total. The Labute approximate surface area is 116 Å². The summed E-state index contributed by atoms with van der Waals surface area (Å²) in [5, 5.41) is 1.36. The van der Waals surface area contributed by atoms with Crippen molar-refractivity contribution >= 4 is 10.9 Å². The Morgan fingerprint density at radius 1 is 1.16 bits per heavy atom. The molecule has 19 heavy (non-hydrogen) atoms. The quantitative estimate of drug-likeness (QED) is 0.880. The van der Waals surface area contributed by atoms with Crippen molar-refractivity contribution in [3.63, 3.8) is 0 Å². The number of hydrogen-bond acceptors (Lipinski definition) is 1. The summed E-state index contributed by atoms with van der Waals surface area (Å²) in [4.78, 5) is 0. The maximum absolute atomic E-state index is 5.74. The first-order valence-electron chi connectivity index (χ1n) is 7.12. The van der Waals surface area contributed by atoms with Gasteiger partial charge in [-0.3, -0.25) is 0 Å². The van der Waals surface area contributed by atoms with Gasteiger partial charge in [0, 0.05) is 29.7 Å². The van der Waals surface area contributed by atoms with E-state index in [0.717, 1.165) is 6.54 Å². The monoisotopic (exact) mass is 258 g/mol. The molecule has 2 nitrogen and oxygen atoms in total. The SMILES string of the molecule is Cc1c(C)n(CCC(C)(C)C)c2ccc(CN)cc12. The highest BCUT2D eigenvalue weighted by molar-refractivity contribution is 5.86. The van der Waals surface area contributed by atoms with Crippen LogP contribution in [-0.2, 0) is 13.1 Å². The molecule has 0 spiro atoms. The summed E-state index contributed by atoms with van der Waals surface area (Å²) < 4.78 is 2.45. The number of fused-ring (bicyclic) bond motifs is 1. The van der Waals surface area contributed by atoms with Gasteiger partial charge in [-0.05, 0) is 48.9 Å². The van der Waals surface area contributed by atoms with Crippen molar-refractivity contribution < 1.29 is 0 Å². The van der Waals surface area contributed by atoms with Crippen LogP contribution >= 0.6 is 0 Å². The molecule has 0 aliphatic heterocycles. The zero-order chi connectivity index (χ0) is 14.2. The highest BCUT2D eigenvalue weighted by atomic mass is 15.0. The summed E-state index contributed by atoms with van der Waals surface area (Å²) in [6.07, 6.45) is 1.19. The van der Waals surface area contributed by atoms with Gasteiger partial charge in [0.25, 0.3) is 0 Å². The molecular weight excluding hydrogens is 232 g/mol. The molecule has 1 heterocycles. The van der Waals surface area contributed by atoms with Crippen LogP contribution in [0.2, 0.25) is 0 Å². The number of nitrogens with two attached hydrogens (primary N) is 1. The van der Waals surface area contributed by atoms with E-state index in [2.05, 4.69) is 57.4 Å². The third-order valence-corrected chi connectivity index (χ3v) is 4.02. The Morgan fingerprint density at radius 2 is 1.84 bits per heavy atom. The molecule has 0 aliphatic carbocycles. The Bertz CT molecular complexity index is 585. The molecule has 0 bridgehead atoms. The Balaban J connectivity index is 2.46. The highest BCUT2D eigenvalue weighted by Gasteiger charge is 2.15. The average Bonchev–Trinajstić information content (AvgIpc) is 2.58. The molecule has 0 amide bonds. The van der Waals surface area contributed by atoms with E-state index in [1.807, 2.05) is 0 Å². The Morgan fingerprint density at radius 3 is 2.42 bits per heavy atom. The summed E-state index contributed by atoms with van der Waals surface area (Å²) in [6.45, 7) is 13.0. The minimum Gasteiger partial charge on any atom is -0.345 e. The first kappa shape index (κ1) is 14.1. The lowest BCUT2D eigenvalue weighted by Crippen LogP contribution is -2.11. The molecule has 0 atom stereocenters. The van der Waals surface area contributed by atoms with E-state index in [4.69, 9.17) is 5.73 Å². The maximum atomic E-state index is 5.74. The van der Waals surface area contributed by atoms with Gasteiger partial charge in [-0.2, -0.15) is 0 Å². The topological polar surface area (TPSA) is 30.9 Å². The average molecular weight is 258 g/mol. The molecule has 1 aromatic heterocycles. The van der Waals surface area contributed by atoms with E-state index in [1.54, 1.807) is 0 Å². The van der Waals surface area contributed by atoms with E-state index in [9.17, 15) is 0 Å². The molecule has 0 fully saturated rings. The van der Waals surface area contributed by atoms with Gasteiger partial charge in [-0.15, -0.1) is 0 Å². The van der Waals surface area contributed by atoms with Crippen LogP contribution in [0, 0.1) is 19.3 Å². The van der Waals surface area contributed by atoms with Gasteiger partial charge in [-0.1, -0.05) is 26.8 Å². The van der Waals surface area contributed by atoms with Crippen molar-refractivity contribution in [2.45, 2.75) is 54.1 Å². The van der Waals surface area contributed by atoms with Gasteiger partial charge in [0.1, 0.15) is 0 Å². The fourth-order valence-electron chi connectivity index (χ4n) is 2.56. The summed E-state index contributed by atoms with van der Waals surface area (Å²) in [6, 6.07) is 6.61. The zero-order valence-electron chi connectivity index (χ0n) is 12.9. The van der Waals surface area contributed by atoms with Crippen molar-refractivity contribution in [1.82, 2.24) is 4.57 Å². The van der Waals surface area contributed by atoms with Gasteiger partial charge >= 0.3 is 0 Å². The molecule has 1 aromatic carbocycles. The van der Waals surface area contributed by atoms with E-state index in [1.165, 1.54) is 34.1 Å². The van der Waals surface area contributed by atoms with Crippen LogP contribution in [0.4, 0.5) is 0 Å². The standard InChI is InChI=1S/C17H26N2/c1-12-13(2)19(9-8-17(3,4)5)16-7-6-14(11-18)10-15(12)16/h6-7,10H,8-9,11,18H2,1-5H3. The largest absolute Gasteiger partial charge is 0.345 e. The molecule has 0 unspecified atom stereocenters. The fraction of sp³-hybridized carbons (Fsp3) is 0.529. The number of benzene rings is 1. The molecule has 2 aromatic rings. The van der Waals surface area contributed by atoms with E-state index in [0.29, 0.717) is 12.0 Å². The van der Waals surface area contributed by atoms with Crippen LogP contribution < -0.4 is 5.73 Å². The van der Waals surface area contributed by atoms with Crippen LogP contribution in [0.1, 0.15) is 44.0 Å². The van der Waals surface area contributed by atoms with Gasteiger partial charge in [-0.25, -0.2) is 0 Å². The summed E-state index contributed by atoms with van der Waals surface area (Å²) in [7, 11) is 0. The number of rotatable bonds is 3. The molecule has 0 aliphatic rings. The zero-order valence-corrected chi connectivity index (χ0v) is 12.9. The number of aryl methyl sites for hydroxylation is 2. The molecule has 0 saturated carbocycles. The van der Waals surface area contributed by atoms with E-state index < -0.39 is 0 Å². The molecule has 0 saturated heterocycles. The lowest BCUT2D eigenvalue weighted by atomic mass is 9.92. The lowest BCUT2D eigenvalue weighted by Gasteiger charge is -2.19. The second kappa shape index (κ2) is 5.01. The third-order valence-electron chi connectivity index (χ3n) is 4.02. The van der Waals surface area contributed by atoms with Crippen molar-refractivity contribution in [2.75, 3.05) is 0 Å². The summed E-state index contributed by atoms with van der Waals surface area (Å²) >= 11 is 0.